The predicted octanol–water partition coefficient (Wildman–Crippen LogP) is 3.55. The van der Waals surface area contributed by atoms with Gasteiger partial charge in [0.2, 0.25) is 10.0 Å². The average Bonchev–Trinajstić information content (AvgIpc) is 2.71. The van der Waals surface area contributed by atoms with E-state index in [1.54, 1.807) is 38.1 Å². The van der Waals surface area contributed by atoms with Gasteiger partial charge in [-0.2, -0.15) is 4.31 Å². The molecular formula is C21H23ClF2N2O4S. The second-order valence-corrected chi connectivity index (χ2v) is 10.1. The summed E-state index contributed by atoms with van der Waals surface area (Å²) in [6.07, 6.45) is -1.56. The molecule has 0 aromatic heterocycles. The van der Waals surface area contributed by atoms with Gasteiger partial charge >= 0.3 is 0 Å². The number of hydrogen-bond acceptors (Lipinski definition) is 4. The zero-order valence-corrected chi connectivity index (χ0v) is 18.6. The Morgan fingerprint density at radius 3 is 2.52 bits per heavy atom. The smallest absolute Gasteiger partial charge is 0.263 e. The SMILES string of the molecule is CC(C)(Oc1ccc(Cl)cc1)C(=O)N[C@@H]1CCN(S(=O)(=O)c2cccc(F)c2)C[C@H]1F. The van der Waals surface area contributed by atoms with E-state index in [1.165, 1.54) is 12.1 Å². The first-order valence-electron chi connectivity index (χ1n) is 9.64. The molecule has 0 aliphatic carbocycles. The highest BCUT2D eigenvalue weighted by Crippen LogP contribution is 2.25. The van der Waals surface area contributed by atoms with E-state index in [4.69, 9.17) is 16.3 Å². The van der Waals surface area contributed by atoms with Crippen molar-refractivity contribution in [1.29, 1.82) is 0 Å². The fourth-order valence-electron chi connectivity index (χ4n) is 3.22. The summed E-state index contributed by atoms with van der Waals surface area (Å²) in [4.78, 5) is 12.4. The average molecular weight is 473 g/mol. The molecule has 1 fully saturated rings. The second-order valence-electron chi connectivity index (χ2n) is 7.77. The van der Waals surface area contributed by atoms with E-state index < -0.39 is 46.1 Å². The molecule has 1 aliphatic rings. The highest BCUT2D eigenvalue weighted by molar-refractivity contribution is 7.89. The third-order valence-corrected chi connectivity index (χ3v) is 7.10. The molecule has 0 spiro atoms. The molecule has 10 heteroatoms. The molecule has 2 aromatic rings. The lowest BCUT2D eigenvalue weighted by Crippen LogP contribution is -2.57. The first kappa shape index (κ1) is 23.4. The van der Waals surface area contributed by atoms with Crippen molar-refractivity contribution >= 4 is 27.5 Å². The molecule has 0 saturated carbocycles. The summed E-state index contributed by atoms with van der Waals surface area (Å²) in [6.45, 7) is 2.65. The van der Waals surface area contributed by atoms with Gasteiger partial charge in [0.15, 0.2) is 5.60 Å². The maximum Gasteiger partial charge on any atom is 0.263 e. The van der Waals surface area contributed by atoms with Gasteiger partial charge in [-0.05, 0) is 62.7 Å². The summed E-state index contributed by atoms with van der Waals surface area (Å²) in [5, 5.41) is 3.14. The zero-order valence-electron chi connectivity index (χ0n) is 17.0. The number of hydrogen-bond donors (Lipinski definition) is 1. The highest BCUT2D eigenvalue weighted by atomic mass is 35.5. The Morgan fingerprint density at radius 1 is 1.23 bits per heavy atom. The topological polar surface area (TPSA) is 75.7 Å². The monoisotopic (exact) mass is 472 g/mol. The van der Waals surface area contributed by atoms with E-state index in [0.29, 0.717) is 10.8 Å². The standard InChI is InChI=1S/C21H23ClF2N2O4S/c1-21(2,30-16-8-6-14(22)7-9-16)20(27)25-19-10-11-26(13-18(19)24)31(28,29)17-5-3-4-15(23)12-17/h3-9,12,18-19H,10-11,13H2,1-2H3,(H,25,27)/t18-,19-/m1/s1. The number of piperidine rings is 1. The van der Waals surface area contributed by atoms with Crippen LogP contribution in [0.1, 0.15) is 20.3 Å². The van der Waals surface area contributed by atoms with E-state index in [-0.39, 0.29) is 17.9 Å². The van der Waals surface area contributed by atoms with Crippen LogP contribution in [0, 0.1) is 5.82 Å². The molecule has 2 aromatic carbocycles. The number of rotatable bonds is 6. The molecule has 1 N–H and O–H groups in total. The lowest BCUT2D eigenvalue weighted by Gasteiger charge is -2.36. The van der Waals surface area contributed by atoms with Crippen molar-refractivity contribution < 1.29 is 26.7 Å². The second kappa shape index (κ2) is 9.10. The van der Waals surface area contributed by atoms with E-state index >= 15 is 0 Å². The fourth-order valence-corrected chi connectivity index (χ4v) is 4.84. The Hall–Kier alpha value is -2.23. The molecule has 0 radical (unpaired) electrons. The van der Waals surface area contributed by atoms with Crippen LogP contribution >= 0.6 is 11.6 Å². The maximum absolute atomic E-state index is 14.8. The molecule has 1 amide bonds. The van der Waals surface area contributed by atoms with Crippen molar-refractivity contribution in [3.8, 4) is 5.75 Å². The van der Waals surface area contributed by atoms with E-state index in [9.17, 15) is 22.0 Å². The minimum atomic E-state index is -4.04. The fraction of sp³-hybridized carbons (Fsp3) is 0.381. The molecule has 1 aliphatic heterocycles. The third kappa shape index (κ3) is 5.53. The molecule has 31 heavy (non-hydrogen) atoms. The van der Waals surface area contributed by atoms with Crippen LogP contribution in [-0.4, -0.2) is 49.5 Å². The Balaban J connectivity index is 1.63. The minimum Gasteiger partial charge on any atom is -0.478 e. The van der Waals surface area contributed by atoms with Crippen LogP contribution in [0.3, 0.4) is 0 Å². The van der Waals surface area contributed by atoms with Gasteiger partial charge in [-0.25, -0.2) is 17.2 Å². The quantitative estimate of drug-likeness (QED) is 0.697. The van der Waals surface area contributed by atoms with Gasteiger partial charge in [0.05, 0.1) is 10.9 Å². The highest BCUT2D eigenvalue weighted by Gasteiger charge is 2.39. The summed E-state index contributed by atoms with van der Waals surface area (Å²) in [5.74, 6) is -0.795. The largest absolute Gasteiger partial charge is 0.478 e. The Bertz CT molecular complexity index is 1050. The molecule has 2 atom stereocenters. The van der Waals surface area contributed by atoms with E-state index in [1.807, 2.05) is 0 Å². The number of carbonyl (C=O) groups is 1. The first-order chi connectivity index (χ1) is 14.5. The molecule has 1 saturated heterocycles. The summed E-state index contributed by atoms with van der Waals surface area (Å²) >= 11 is 5.84. The van der Waals surface area contributed by atoms with E-state index in [2.05, 4.69) is 5.32 Å². The van der Waals surface area contributed by atoms with Gasteiger partial charge in [0, 0.05) is 18.1 Å². The molecule has 168 valence electrons. The number of benzene rings is 2. The molecule has 0 bridgehead atoms. The number of ether oxygens (including phenoxy) is 1. The zero-order chi connectivity index (χ0) is 22.8. The number of nitrogens with zero attached hydrogens (tertiary/aromatic N) is 1. The van der Waals surface area contributed by atoms with E-state index in [0.717, 1.165) is 16.4 Å². The van der Waals surface area contributed by atoms with Crippen LogP contribution < -0.4 is 10.1 Å². The van der Waals surface area contributed by atoms with Gasteiger partial charge in [0.1, 0.15) is 17.7 Å². The van der Waals surface area contributed by atoms with Crippen LogP contribution in [-0.2, 0) is 14.8 Å². The van der Waals surface area contributed by atoms with Crippen LogP contribution in [0.25, 0.3) is 0 Å². The van der Waals surface area contributed by atoms with Gasteiger partial charge in [-0.1, -0.05) is 17.7 Å². The molecular weight excluding hydrogens is 450 g/mol. The summed E-state index contributed by atoms with van der Waals surface area (Å²) < 4.78 is 60.2. The van der Waals surface area contributed by atoms with Crippen LogP contribution in [0.4, 0.5) is 8.78 Å². The lowest BCUT2D eigenvalue weighted by atomic mass is 10.0. The normalized spacial score (nSPS) is 20.3. The van der Waals surface area contributed by atoms with Gasteiger partial charge in [-0.3, -0.25) is 4.79 Å². The molecule has 0 unspecified atom stereocenters. The summed E-state index contributed by atoms with van der Waals surface area (Å²) in [6, 6.07) is 10.2. The first-order valence-corrected chi connectivity index (χ1v) is 11.5. The molecule has 3 rings (SSSR count). The number of sulfonamides is 1. The predicted molar refractivity (Wildman–Crippen MR) is 113 cm³/mol. The number of halogens is 3. The molecule has 1 heterocycles. The lowest BCUT2D eigenvalue weighted by molar-refractivity contribution is -0.135. The minimum absolute atomic E-state index is 0.0112. The van der Waals surface area contributed by atoms with Crippen molar-refractivity contribution in [2.24, 2.45) is 0 Å². The maximum atomic E-state index is 14.8. The van der Waals surface area contributed by atoms with Crippen molar-refractivity contribution in [2.75, 3.05) is 13.1 Å². The molecule has 6 nitrogen and oxygen atoms in total. The van der Waals surface area contributed by atoms with Crippen LogP contribution in [0.5, 0.6) is 5.75 Å². The van der Waals surface area contributed by atoms with Crippen molar-refractivity contribution in [1.82, 2.24) is 9.62 Å². The van der Waals surface area contributed by atoms with Crippen LogP contribution in [0.15, 0.2) is 53.4 Å². The summed E-state index contributed by atoms with van der Waals surface area (Å²) in [5.41, 5.74) is -1.29. The number of carbonyl (C=O) groups excluding carboxylic acids is 1. The summed E-state index contributed by atoms with van der Waals surface area (Å²) in [7, 11) is -4.04. The number of alkyl halides is 1. The van der Waals surface area contributed by atoms with Crippen molar-refractivity contribution in [3.05, 3.63) is 59.4 Å². The van der Waals surface area contributed by atoms with Crippen molar-refractivity contribution in [2.45, 2.75) is 43.0 Å². The number of nitrogens with one attached hydrogen (secondary N) is 1. The van der Waals surface area contributed by atoms with Gasteiger partial charge in [-0.15, -0.1) is 0 Å². The van der Waals surface area contributed by atoms with Crippen molar-refractivity contribution in [3.63, 3.8) is 0 Å². The Morgan fingerprint density at radius 2 is 1.90 bits per heavy atom. The Kier molecular flexibility index (Phi) is 6.88. The Labute approximate surface area is 185 Å². The number of amides is 1. The van der Waals surface area contributed by atoms with Gasteiger partial charge < -0.3 is 10.1 Å². The third-order valence-electron chi connectivity index (χ3n) is 4.99. The van der Waals surface area contributed by atoms with Crippen LogP contribution in [0.2, 0.25) is 5.02 Å². The van der Waals surface area contributed by atoms with Gasteiger partial charge in [0.25, 0.3) is 5.91 Å².